The predicted octanol–water partition coefficient (Wildman–Crippen LogP) is 5.21. The summed E-state index contributed by atoms with van der Waals surface area (Å²) in [7, 11) is -2.65. The Morgan fingerprint density at radius 3 is 2.12 bits per heavy atom. The van der Waals surface area contributed by atoms with Gasteiger partial charge in [0.25, 0.3) is 10.0 Å². The number of nitrogens with zero attached hydrogens (tertiary/aromatic N) is 2. The lowest BCUT2D eigenvalue weighted by Crippen LogP contribution is -2.51. The summed E-state index contributed by atoms with van der Waals surface area (Å²) in [4.78, 5) is 29.1. The van der Waals surface area contributed by atoms with Gasteiger partial charge in [0, 0.05) is 23.5 Å². The molecule has 40 heavy (non-hydrogen) atoms. The zero-order valence-electron chi connectivity index (χ0n) is 23.0. The van der Waals surface area contributed by atoms with Crippen LogP contribution in [0.2, 0.25) is 5.02 Å². The van der Waals surface area contributed by atoms with Crippen molar-refractivity contribution >= 4 is 50.9 Å². The fourth-order valence-corrected chi connectivity index (χ4v) is 6.10. The van der Waals surface area contributed by atoms with Crippen molar-refractivity contribution in [2.45, 2.75) is 42.6 Å². The average molecular weight is 604 g/mol. The van der Waals surface area contributed by atoms with Crippen LogP contribution in [0.15, 0.2) is 82.6 Å². The van der Waals surface area contributed by atoms with Gasteiger partial charge < -0.3 is 15.0 Å². The molecule has 0 aromatic heterocycles. The van der Waals surface area contributed by atoms with Gasteiger partial charge in [0.05, 0.1) is 17.2 Å². The van der Waals surface area contributed by atoms with Crippen molar-refractivity contribution in [2.75, 3.05) is 30.8 Å². The molecule has 0 fully saturated rings. The lowest BCUT2D eigenvalue weighted by atomic mass is 10.1. The Labute approximate surface area is 245 Å². The lowest BCUT2D eigenvalue weighted by molar-refractivity contribution is -0.140. The van der Waals surface area contributed by atoms with Crippen LogP contribution in [-0.2, 0) is 26.2 Å². The predicted molar refractivity (Wildman–Crippen MR) is 161 cm³/mol. The highest BCUT2D eigenvalue weighted by atomic mass is 35.5. The van der Waals surface area contributed by atoms with Crippen LogP contribution >= 0.6 is 23.4 Å². The number of amides is 2. The molecule has 0 radical (unpaired) electrons. The summed E-state index contributed by atoms with van der Waals surface area (Å²) >= 11 is 7.54. The molecular weight excluding hydrogens is 570 g/mol. The van der Waals surface area contributed by atoms with Crippen LogP contribution in [0.4, 0.5) is 5.69 Å². The zero-order valence-corrected chi connectivity index (χ0v) is 25.4. The highest BCUT2D eigenvalue weighted by Crippen LogP contribution is 2.28. The monoisotopic (exact) mass is 603 g/mol. The number of hydrogen-bond acceptors (Lipinski definition) is 6. The number of nitrogens with one attached hydrogen (secondary N) is 1. The van der Waals surface area contributed by atoms with Gasteiger partial charge in [-0.15, -0.1) is 11.8 Å². The topological polar surface area (TPSA) is 96.0 Å². The van der Waals surface area contributed by atoms with Crippen LogP contribution in [-0.4, -0.2) is 57.6 Å². The molecule has 8 nitrogen and oxygen atoms in total. The second-order valence-corrected chi connectivity index (χ2v) is 12.0. The lowest BCUT2D eigenvalue weighted by Gasteiger charge is -2.33. The van der Waals surface area contributed by atoms with Crippen molar-refractivity contribution in [3.8, 4) is 5.75 Å². The molecule has 11 heteroatoms. The van der Waals surface area contributed by atoms with E-state index in [4.69, 9.17) is 16.3 Å². The first-order valence-electron chi connectivity index (χ1n) is 12.8. The standard InChI is InChI=1S/C29H34ClN3O5S2/c1-5-27(29(35)31-3)32(19-21-7-9-22(30)10-8-21)28(34)20-33(23-11-13-24(14-12-23)38-6-2)40(36,37)26-17-15-25(39-4)16-18-26/h7-18,27H,5-6,19-20H2,1-4H3,(H,31,35)/t27-/m0/s1. The molecule has 0 saturated heterocycles. The molecule has 0 heterocycles. The maximum Gasteiger partial charge on any atom is 0.264 e. The van der Waals surface area contributed by atoms with Crippen molar-refractivity contribution in [3.05, 3.63) is 83.4 Å². The summed E-state index contributed by atoms with van der Waals surface area (Å²) < 4.78 is 34.5. The van der Waals surface area contributed by atoms with E-state index in [9.17, 15) is 18.0 Å². The van der Waals surface area contributed by atoms with E-state index in [1.54, 1.807) is 67.6 Å². The molecule has 214 valence electrons. The number of carbonyl (C=O) groups is 2. The Balaban J connectivity index is 2.05. The maximum atomic E-state index is 14.0. The average Bonchev–Trinajstić information content (AvgIpc) is 2.97. The first-order chi connectivity index (χ1) is 19.1. The summed E-state index contributed by atoms with van der Waals surface area (Å²) in [5, 5.41) is 3.16. The Bertz CT molecular complexity index is 1380. The minimum atomic E-state index is -4.15. The molecule has 0 aliphatic heterocycles. The summed E-state index contributed by atoms with van der Waals surface area (Å²) in [6, 6.07) is 19.2. The Kier molecular flexibility index (Phi) is 11.3. The molecule has 0 bridgehead atoms. The number of hydrogen-bond donors (Lipinski definition) is 1. The molecule has 0 spiro atoms. The van der Waals surface area contributed by atoms with Gasteiger partial charge in [0.2, 0.25) is 11.8 Å². The van der Waals surface area contributed by atoms with Gasteiger partial charge in [-0.05, 0) is 85.8 Å². The van der Waals surface area contributed by atoms with Crippen LogP contribution in [0.5, 0.6) is 5.75 Å². The van der Waals surface area contributed by atoms with Crippen molar-refractivity contribution in [1.29, 1.82) is 0 Å². The summed E-state index contributed by atoms with van der Waals surface area (Å²) in [5.41, 5.74) is 1.05. The number of likely N-dealkylation sites (N-methyl/N-ethyl adjacent to an activating group) is 1. The van der Waals surface area contributed by atoms with E-state index in [2.05, 4.69) is 5.32 Å². The minimum absolute atomic E-state index is 0.0505. The number of sulfonamides is 1. The summed E-state index contributed by atoms with van der Waals surface area (Å²) in [5.74, 6) is -0.286. The largest absolute Gasteiger partial charge is 0.494 e. The molecular formula is C29H34ClN3O5S2. The van der Waals surface area contributed by atoms with Crippen molar-refractivity contribution < 1.29 is 22.7 Å². The fraction of sp³-hybridized carbons (Fsp3) is 0.310. The van der Waals surface area contributed by atoms with Crippen LogP contribution in [0, 0.1) is 0 Å². The van der Waals surface area contributed by atoms with Crippen LogP contribution in [0.1, 0.15) is 25.8 Å². The zero-order chi connectivity index (χ0) is 29.3. The van der Waals surface area contributed by atoms with E-state index in [1.165, 1.54) is 35.8 Å². The molecule has 3 rings (SSSR count). The molecule has 0 saturated carbocycles. The number of anilines is 1. The van der Waals surface area contributed by atoms with Crippen LogP contribution in [0.3, 0.4) is 0 Å². The first-order valence-corrected chi connectivity index (χ1v) is 15.8. The molecule has 3 aromatic rings. The number of carbonyl (C=O) groups excluding carboxylic acids is 2. The maximum absolute atomic E-state index is 14.0. The summed E-state index contributed by atoms with van der Waals surface area (Å²) in [6.45, 7) is 3.70. The van der Waals surface area contributed by atoms with Crippen LogP contribution in [0.25, 0.3) is 0 Å². The minimum Gasteiger partial charge on any atom is -0.494 e. The van der Waals surface area contributed by atoms with E-state index in [-0.39, 0.29) is 17.3 Å². The second-order valence-electron chi connectivity index (χ2n) is 8.80. The number of rotatable bonds is 13. The van der Waals surface area contributed by atoms with Gasteiger partial charge in [-0.2, -0.15) is 0 Å². The fourth-order valence-electron chi connectivity index (χ4n) is 4.15. The third-order valence-corrected chi connectivity index (χ3v) is 9.04. The van der Waals surface area contributed by atoms with Crippen LogP contribution < -0.4 is 14.4 Å². The Morgan fingerprint density at radius 1 is 0.975 bits per heavy atom. The molecule has 2 amide bonds. The van der Waals surface area contributed by atoms with Gasteiger partial charge >= 0.3 is 0 Å². The van der Waals surface area contributed by atoms with E-state index < -0.39 is 28.5 Å². The number of halogens is 1. The molecule has 0 aliphatic carbocycles. The normalized spacial score (nSPS) is 11.9. The summed E-state index contributed by atoms with van der Waals surface area (Å²) in [6.07, 6.45) is 2.24. The van der Waals surface area contributed by atoms with Gasteiger partial charge in [0.1, 0.15) is 18.3 Å². The van der Waals surface area contributed by atoms with Crippen molar-refractivity contribution in [3.63, 3.8) is 0 Å². The highest BCUT2D eigenvalue weighted by molar-refractivity contribution is 7.98. The van der Waals surface area contributed by atoms with Gasteiger partial charge in [0.15, 0.2) is 0 Å². The van der Waals surface area contributed by atoms with Gasteiger partial charge in [-0.25, -0.2) is 8.42 Å². The SMILES string of the molecule is CCOc1ccc(N(CC(=O)N(Cc2ccc(Cl)cc2)[C@@H](CC)C(=O)NC)S(=O)(=O)c2ccc(SC)cc2)cc1. The van der Waals surface area contributed by atoms with Gasteiger partial charge in [-0.1, -0.05) is 30.7 Å². The van der Waals surface area contributed by atoms with Crippen molar-refractivity contribution in [1.82, 2.24) is 10.2 Å². The third kappa shape index (κ3) is 7.71. The second kappa shape index (κ2) is 14.4. The molecule has 1 N–H and O–H groups in total. The molecule has 3 aromatic carbocycles. The Hall–Kier alpha value is -3.21. The number of benzene rings is 3. The van der Waals surface area contributed by atoms with E-state index in [1.807, 2.05) is 13.2 Å². The van der Waals surface area contributed by atoms with Crippen molar-refractivity contribution in [2.24, 2.45) is 0 Å². The first kappa shape index (κ1) is 31.3. The highest BCUT2D eigenvalue weighted by Gasteiger charge is 2.33. The molecule has 1 atom stereocenters. The number of thioether (sulfide) groups is 1. The Morgan fingerprint density at radius 2 is 1.60 bits per heavy atom. The smallest absolute Gasteiger partial charge is 0.264 e. The van der Waals surface area contributed by atoms with E-state index >= 15 is 0 Å². The molecule has 0 aliphatic rings. The van der Waals surface area contributed by atoms with E-state index in [0.29, 0.717) is 29.5 Å². The van der Waals surface area contributed by atoms with E-state index in [0.717, 1.165) is 14.8 Å². The van der Waals surface area contributed by atoms with Gasteiger partial charge in [-0.3, -0.25) is 13.9 Å². The third-order valence-electron chi connectivity index (χ3n) is 6.26. The molecule has 0 unspecified atom stereocenters. The number of ether oxygens (including phenoxy) is 1. The quantitative estimate of drug-likeness (QED) is 0.270.